The zero-order chi connectivity index (χ0) is 10.5. The smallest absolute Gasteiger partial charge is 0.185 e. The van der Waals surface area contributed by atoms with Crippen molar-refractivity contribution in [3.8, 4) is 6.07 Å². The van der Waals surface area contributed by atoms with Gasteiger partial charge in [0.1, 0.15) is 0 Å². The number of nitriles is 1. The van der Waals surface area contributed by atoms with Gasteiger partial charge in [-0.25, -0.2) is 0 Å². The van der Waals surface area contributed by atoms with Crippen LogP contribution in [-0.4, -0.2) is 14.4 Å². The lowest BCUT2D eigenvalue weighted by atomic mass is 10.1. The van der Waals surface area contributed by atoms with Gasteiger partial charge in [0.15, 0.2) is 14.4 Å². The summed E-state index contributed by atoms with van der Waals surface area (Å²) in [5.74, 6) is 0. The van der Waals surface area contributed by atoms with Gasteiger partial charge in [-0.2, -0.15) is 5.26 Å². The van der Waals surface area contributed by atoms with Gasteiger partial charge in [0.25, 0.3) is 0 Å². The summed E-state index contributed by atoms with van der Waals surface area (Å²) in [5.41, 5.74) is 1.09. The lowest BCUT2D eigenvalue weighted by Crippen LogP contribution is -2.32. The summed E-state index contributed by atoms with van der Waals surface area (Å²) in [5, 5.41) is 8.93. The number of rotatable bonds is 4. The van der Waals surface area contributed by atoms with Crippen molar-refractivity contribution in [2.45, 2.75) is 46.0 Å². The molecule has 0 fully saturated rings. The average molecular weight is 197 g/mol. The number of hydrogen-bond acceptors (Lipinski definition) is 2. The van der Waals surface area contributed by atoms with Crippen LogP contribution in [-0.2, 0) is 4.43 Å². The van der Waals surface area contributed by atoms with Gasteiger partial charge < -0.3 is 4.43 Å². The Morgan fingerprint density at radius 3 is 2.31 bits per heavy atom. The second kappa shape index (κ2) is 5.20. The van der Waals surface area contributed by atoms with Crippen molar-refractivity contribution in [1.29, 1.82) is 5.26 Å². The summed E-state index contributed by atoms with van der Waals surface area (Å²) < 4.78 is 5.74. The fraction of sp³-hybridized carbons (Fsp3) is 0.700. The molecule has 13 heavy (non-hydrogen) atoms. The van der Waals surface area contributed by atoms with E-state index in [-0.39, 0.29) is 6.10 Å². The fourth-order valence-electron chi connectivity index (χ4n) is 1.08. The Morgan fingerprint density at radius 2 is 2.08 bits per heavy atom. The molecule has 0 bridgehead atoms. The minimum absolute atomic E-state index is 0.332. The molecule has 0 heterocycles. The standard InChI is InChI=1S/C10H19NOSi/c1-6-9(7-2)10(8-11)12-13(3,4)5/h6,10H,7H2,1-5H3/b9-6-. The molecule has 3 heteroatoms. The van der Waals surface area contributed by atoms with Crippen LogP contribution in [0.4, 0.5) is 0 Å². The molecular weight excluding hydrogens is 178 g/mol. The topological polar surface area (TPSA) is 33.0 Å². The highest BCUT2D eigenvalue weighted by molar-refractivity contribution is 6.69. The van der Waals surface area contributed by atoms with E-state index in [2.05, 4.69) is 25.7 Å². The number of hydrogen-bond donors (Lipinski definition) is 0. The molecule has 0 saturated carbocycles. The highest BCUT2D eigenvalue weighted by Gasteiger charge is 2.22. The maximum Gasteiger partial charge on any atom is 0.185 e. The number of nitrogens with zero attached hydrogens (tertiary/aromatic N) is 1. The highest BCUT2D eigenvalue weighted by atomic mass is 28.4. The van der Waals surface area contributed by atoms with E-state index in [0.717, 1.165) is 12.0 Å². The summed E-state index contributed by atoms with van der Waals surface area (Å²) in [6.07, 6.45) is 2.54. The predicted molar refractivity (Wildman–Crippen MR) is 57.9 cm³/mol. The van der Waals surface area contributed by atoms with Gasteiger partial charge in [-0.1, -0.05) is 13.0 Å². The third-order valence-corrected chi connectivity index (χ3v) is 2.65. The van der Waals surface area contributed by atoms with Crippen LogP contribution >= 0.6 is 0 Å². The first-order valence-electron chi connectivity index (χ1n) is 4.67. The third-order valence-electron chi connectivity index (χ3n) is 1.70. The van der Waals surface area contributed by atoms with Crippen molar-refractivity contribution in [1.82, 2.24) is 0 Å². The van der Waals surface area contributed by atoms with Gasteiger partial charge >= 0.3 is 0 Å². The molecule has 2 nitrogen and oxygen atoms in total. The molecule has 0 saturated heterocycles. The van der Waals surface area contributed by atoms with E-state index in [9.17, 15) is 0 Å². The molecule has 74 valence electrons. The normalized spacial score (nSPS) is 15.2. The Balaban J connectivity index is 4.46. The molecular formula is C10H19NOSi. The van der Waals surface area contributed by atoms with Crippen molar-refractivity contribution in [3.05, 3.63) is 11.6 Å². The van der Waals surface area contributed by atoms with E-state index in [4.69, 9.17) is 9.69 Å². The van der Waals surface area contributed by atoms with Crippen LogP contribution < -0.4 is 0 Å². The maximum atomic E-state index is 8.93. The van der Waals surface area contributed by atoms with Gasteiger partial charge in [-0.3, -0.25) is 0 Å². The predicted octanol–water partition coefficient (Wildman–Crippen LogP) is 3.09. The largest absolute Gasteiger partial charge is 0.399 e. The molecule has 0 aliphatic rings. The second-order valence-electron chi connectivity index (χ2n) is 3.96. The SMILES string of the molecule is C/C=C(/CC)C(C#N)O[Si](C)(C)C. The molecule has 0 aliphatic heterocycles. The lowest BCUT2D eigenvalue weighted by molar-refractivity contribution is 0.280. The molecule has 0 aromatic carbocycles. The van der Waals surface area contributed by atoms with Crippen molar-refractivity contribution in [2.75, 3.05) is 0 Å². The molecule has 0 aromatic heterocycles. The van der Waals surface area contributed by atoms with Gasteiger partial charge in [-0.05, 0) is 38.6 Å². The Morgan fingerprint density at radius 1 is 1.54 bits per heavy atom. The van der Waals surface area contributed by atoms with Crippen molar-refractivity contribution in [3.63, 3.8) is 0 Å². The van der Waals surface area contributed by atoms with Crippen molar-refractivity contribution < 1.29 is 4.43 Å². The third kappa shape index (κ3) is 4.86. The minimum atomic E-state index is -1.60. The minimum Gasteiger partial charge on any atom is -0.399 e. The average Bonchev–Trinajstić information content (AvgIpc) is 2.02. The molecule has 0 radical (unpaired) electrons. The Kier molecular flexibility index (Phi) is 4.97. The van der Waals surface area contributed by atoms with E-state index >= 15 is 0 Å². The zero-order valence-corrected chi connectivity index (χ0v) is 10.2. The maximum absolute atomic E-state index is 8.93. The molecule has 0 spiro atoms. The monoisotopic (exact) mass is 197 g/mol. The molecule has 0 N–H and O–H groups in total. The zero-order valence-electron chi connectivity index (χ0n) is 9.22. The summed E-state index contributed by atoms with van der Waals surface area (Å²) in [4.78, 5) is 0. The first-order chi connectivity index (χ1) is 5.94. The Labute approximate surface area is 82.3 Å². The molecule has 0 amide bonds. The van der Waals surface area contributed by atoms with Crippen LogP contribution in [0.25, 0.3) is 0 Å². The van der Waals surface area contributed by atoms with Crippen molar-refractivity contribution in [2.24, 2.45) is 0 Å². The quantitative estimate of drug-likeness (QED) is 0.512. The lowest BCUT2D eigenvalue weighted by Gasteiger charge is -2.22. The van der Waals surface area contributed by atoms with Gasteiger partial charge in [0.2, 0.25) is 0 Å². The highest BCUT2D eigenvalue weighted by Crippen LogP contribution is 2.15. The van der Waals surface area contributed by atoms with Crippen molar-refractivity contribution >= 4 is 8.32 Å². The van der Waals surface area contributed by atoms with Gasteiger partial charge in [0, 0.05) is 0 Å². The molecule has 1 unspecified atom stereocenters. The molecule has 0 aliphatic carbocycles. The summed E-state index contributed by atoms with van der Waals surface area (Å²) in [7, 11) is -1.60. The van der Waals surface area contributed by atoms with Crippen LogP contribution in [0.3, 0.4) is 0 Å². The molecule has 1 atom stereocenters. The molecule has 0 rings (SSSR count). The molecule has 0 aromatic rings. The Hall–Kier alpha value is -0.593. The van der Waals surface area contributed by atoms with Crippen LogP contribution in [0.5, 0.6) is 0 Å². The summed E-state index contributed by atoms with van der Waals surface area (Å²) in [6, 6.07) is 2.20. The van der Waals surface area contributed by atoms with Crippen LogP contribution in [0.1, 0.15) is 20.3 Å². The van der Waals surface area contributed by atoms with E-state index in [1.807, 2.05) is 19.9 Å². The summed E-state index contributed by atoms with van der Waals surface area (Å²) in [6.45, 7) is 10.3. The van der Waals surface area contributed by atoms with Gasteiger partial charge in [-0.15, -0.1) is 0 Å². The first kappa shape index (κ1) is 12.4. The van der Waals surface area contributed by atoms with E-state index < -0.39 is 8.32 Å². The second-order valence-corrected chi connectivity index (χ2v) is 8.42. The van der Waals surface area contributed by atoms with Gasteiger partial charge in [0.05, 0.1) is 6.07 Å². The fourth-order valence-corrected chi connectivity index (χ4v) is 1.99. The van der Waals surface area contributed by atoms with E-state index in [1.165, 1.54) is 0 Å². The van der Waals surface area contributed by atoms with Crippen LogP contribution in [0.15, 0.2) is 11.6 Å². The van der Waals surface area contributed by atoms with Crippen LogP contribution in [0, 0.1) is 11.3 Å². The van der Waals surface area contributed by atoms with Crippen LogP contribution in [0.2, 0.25) is 19.6 Å². The van der Waals surface area contributed by atoms with E-state index in [1.54, 1.807) is 0 Å². The number of allylic oxidation sites excluding steroid dienone is 1. The van der Waals surface area contributed by atoms with E-state index in [0.29, 0.717) is 0 Å². The Bertz CT molecular complexity index is 222. The first-order valence-corrected chi connectivity index (χ1v) is 8.08. The summed E-state index contributed by atoms with van der Waals surface area (Å²) >= 11 is 0.